The Morgan fingerprint density at radius 3 is 2.70 bits per heavy atom. The maximum Gasteiger partial charge on any atom is 0.397 e. The largest absolute Gasteiger partial charge is 0.397 e. The minimum atomic E-state index is 0.369. The van der Waals surface area contributed by atoms with Crippen molar-refractivity contribution in [2.75, 3.05) is 0 Å². The Bertz CT molecular complexity index is 214. The molecule has 0 atom stereocenters. The highest BCUT2D eigenvalue weighted by Gasteiger charge is 2.11. The normalized spacial score (nSPS) is 10.0. The van der Waals surface area contributed by atoms with Gasteiger partial charge in [0.25, 0.3) is 5.15 Å². The van der Waals surface area contributed by atoms with Crippen molar-refractivity contribution in [1.82, 2.24) is 4.98 Å². The van der Waals surface area contributed by atoms with Gasteiger partial charge in [-0.05, 0) is 32.5 Å². The van der Waals surface area contributed by atoms with Crippen LogP contribution in [0.3, 0.4) is 0 Å². The zero-order valence-electron chi connectivity index (χ0n) is 5.11. The first-order valence-electron chi connectivity index (χ1n) is 2.48. The fraction of sp³-hybridized carbons (Fsp3) is 0.200. The van der Waals surface area contributed by atoms with Crippen molar-refractivity contribution in [3.05, 3.63) is 21.1 Å². The highest BCUT2D eigenvalue weighted by atomic mass is 79.9. The second kappa shape index (κ2) is 3.03. The Morgan fingerprint density at radius 1 is 1.60 bits per heavy atom. The van der Waals surface area contributed by atoms with Gasteiger partial charge in [0, 0.05) is 11.6 Å². The highest BCUT2D eigenvalue weighted by Crippen LogP contribution is 2.18. The molecule has 1 rings (SSSR count). The van der Waals surface area contributed by atoms with Crippen LogP contribution in [-0.4, -0.2) is 4.98 Å². The van der Waals surface area contributed by atoms with Gasteiger partial charge < -0.3 is 0 Å². The number of rotatable bonds is 0. The Balaban J connectivity index is 3.28. The van der Waals surface area contributed by atoms with E-state index < -0.39 is 0 Å². The van der Waals surface area contributed by atoms with Crippen LogP contribution in [0.15, 0.2) is 10.7 Å². The van der Waals surface area contributed by atoms with E-state index in [1.807, 2.05) is 0 Å². The summed E-state index contributed by atoms with van der Waals surface area (Å²) in [6.45, 7) is 0. The van der Waals surface area contributed by atoms with E-state index in [1.165, 1.54) is 0 Å². The molecule has 0 fully saturated rings. The molecule has 1 heterocycles. The average Bonchev–Trinajstić information content (AvgIpc) is 1.84. The summed E-state index contributed by atoms with van der Waals surface area (Å²) < 4.78 is 2.40. The molecule has 0 aromatic carbocycles. The molecule has 0 saturated carbocycles. The van der Waals surface area contributed by atoms with Gasteiger partial charge in [0.05, 0.1) is 7.05 Å². The zero-order chi connectivity index (χ0) is 7.72. The van der Waals surface area contributed by atoms with E-state index >= 15 is 0 Å². The molecule has 10 heavy (non-hydrogen) atoms. The smallest absolute Gasteiger partial charge is 0.222 e. The lowest BCUT2D eigenvalue weighted by Gasteiger charge is -1.91. The first-order valence-corrected chi connectivity index (χ1v) is 4.03. The molecule has 1 aromatic heterocycles. The fourth-order valence-electron chi connectivity index (χ4n) is 0.490. The quantitative estimate of drug-likeness (QED) is 0.386. The molecule has 0 N–H and O–H groups in total. The van der Waals surface area contributed by atoms with Crippen molar-refractivity contribution in [2.24, 2.45) is 7.05 Å². The number of nitrogens with zero attached hydrogens (tertiary/aromatic N) is 2. The van der Waals surface area contributed by atoms with Crippen molar-refractivity contribution in [2.45, 2.75) is 0 Å². The van der Waals surface area contributed by atoms with Crippen LogP contribution in [0, 0.1) is 0 Å². The lowest BCUT2D eigenvalue weighted by molar-refractivity contribution is -0.672. The minimum absolute atomic E-state index is 0.369. The van der Waals surface area contributed by atoms with E-state index in [1.54, 1.807) is 17.8 Å². The Kier molecular flexibility index (Phi) is 2.50. The third-order valence-electron chi connectivity index (χ3n) is 0.986. The minimum Gasteiger partial charge on any atom is -0.222 e. The van der Waals surface area contributed by atoms with Gasteiger partial charge in [0.2, 0.25) is 0 Å². The van der Waals surface area contributed by atoms with Gasteiger partial charge in [-0.15, -0.1) is 0 Å². The van der Waals surface area contributed by atoms with E-state index in [0.29, 0.717) is 10.4 Å². The SMILES string of the molecule is C[n+]1cc(Br)c(Cl)nc1Cl. The summed E-state index contributed by atoms with van der Waals surface area (Å²) in [7, 11) is 1.79. The van der Waals surface area contributed by atoms with Crippen molar-refractivity contribution in [1.29, 1.82) is 0 Å². The summed E-state index contributed by atoms with van der Waals surface area (Å²) in [4.78, 5) is 3.82. The standard InChI is InChI=1S/C5H4BrCl2N2/c1-10-2-3(6)4(7)9-5(10)8/h2H,1H3/q+1. The monoisotopic (exact) mass is 241 g/mol. The third kappa shape index (κ3) is 1.59. The van der Waals surface area contributed by atoms with Crippen molar-refractivity contribution < 1.29 is 4.57 Å². The van der Waals surface area contributed by atoms with Gasteiger partial charge in [0.15, 0.2) is 0 Å². The zero-order valence-corrected chi connectivity index (χ0v) is 8.20. The van der Waals surface area contributed by atoms with E-state index in [-0.39, 0.29) is 0 Å². The topological polar surface area (TPSA) is 16.8 Å². The summed E-state index contributed by atoms with van der Waals surface area (Å²) in [5.41, 5.74) is 0. The van der Waals surface area contributed by atoms with Crippen molar-refractivity contribution >= 4 is 39.1 Å². The number of hydrogen-bond acceptors (Lipinski definition) is 1. The molecule has 0 aliphatic rings. The van der Waals surface area contributed by atoms with E-state index in [2.05, 4.69) is 20.9 Å². The second-order valence-corrected chi connectivity index (χ2v) is 3.31. The van der Waals surface area contributed by atoms with Crippen LogP contribution < -0.4 is 4.57 Å². The van der Waals surface area contributed by atoms with E-state index in [9.17, 15) is 0 Å². The summed E-state index contributed by atoms with van der Waals surface area (Å²) in [6.07, 6.45) is 1.75. The fourth-order valence-corrected chi connectivity index (χ4v) is 1.19. The van der Waals surface area contributed by atoms with Crippen LogP contribution in [-0.2, 0) is 7.05 Å². The molecule has 5 heteroatoms. The first kappa shape index (κ1) is 8.24. The first-order chi connectivity index (χ1) is 4.61. The van der Waals surface area contributed by atoms with Crippen LogP contribution in [0.5, 0.6) is 0 Å². The molecule has 0 spiro atoms. The number of aryl methyl sites for hydroxylation is 1. The number of aromatic nitrogens is 2. The van der Waals surface area contributed by atoms with E-state index in [0.717, 1.165) is 4.47 Å². The molecule has 0 aliphatic carbocycles. The van der Waals surface area contributed by atoms with Gasteiger partial charge in [-0.1, -0.05) is 0 Å². The average molecular weight is 243 g/mol. The van der Waals surface area contributed by atoms with Crippen LogP contribution >= 0.6 is 39.1 Å². The van der Waals surface area contributed by atoms with Crippen LogP contribution in [0.1, 0.15) is 0 Å². The van der Waals surface area contributed by atoms with Gasteiger partial charge in [-0.3, -0.25) is 0 Å². The van der Waals surface area contributed by atoms with Gasteiger partial charge in [0.1, 0.15) is 10.7 Å². The maximum absolute atomic E-state index is 5.63. The molecule has 0 aliphatic heterocycles. The molecule has 0 saturated heterocycles. The predicted molar refractivity (Wildman–Crippen MR) is 43.1 cm³/mol. The molecular weight excluding hydrogens is 239 g/mol. The predicted octanol–water partition coefficient (Wildman–Crippen LogP) is 1.98. The van der Waals surface area contributed by atoms with Gasteiger partial charge in [-0.25, -0.2) is 4.57 Å². The lowest BCUT2D eigenvalue weighted by atomic mass is 10.7. The van der Waals surface area contributed by atoms with Crippen LogP contribution in [0.25, 0.3) is 0 Å². The molecule has 54 valence electrons. The molecule has 0 unspecified atom stereocenters. The van der Waals surface area contributed by atoms with E-state index in [4.69, 9.17) is 23.2 Å². The Labute approximate surface area is 76.9 Å². The summed E-state index contributed by atoms with van der Waals surface area (Å²) >= 11 is 14.5. The second-order valence-electron chi connectivity index (χ2n) is 1.76. The Morgan fingerprint density at radius 2 is 2.20 bits per heavy atom. The van der Waals surface area contributed by atoms with Crippen LogP contribution in [0.4, 0.5) is 0 Å². The van der Waals surface area contributed by atoms with Crippen LogP contribution in [0.2, 0.25) is 10.4 Å². The summed E-state index contributed by atoms with van der Waals surface area (Å²) in [5.74, 6) is 0. The third-order valence-corrected chi connectivity index (χ3v) is 2.43. The Hall–Kier alpha value is 0.140. The molecule has 0 amide bonds. The van der Waals surface area contributed by atoms with Crippen molar-refractivity contribution in [3.63, 3.8) is 0 Å². The number of hydrogen-bond donors (Lipinski definition) is 0. The number of halogens is 3. The molecule has 1 aromatic rings. The summed E-state index contributed by atoms with van der Waals surface area (Å²) in [6, 6.07) is 0. The van der Waals surface area contributed by atoms with Crippen molar-refractivity contribution in [3.8, 4) is 0 Å². The summed E-state index contributed by atoms with van der Waals surface area (Å²) in [5, 5.41) is 0.747. The lowest BCUT2D eigenvalue weighted by Crippen LogP contribution is -2.30. The molecule has 0 bridgehead atoms. The highest BCUT2D eigenvalue weighted by molar-refractivity contribution is 9.10. The maximum atomic E-state index is 5.63. The van der Waals surface area contributed by atoms with Gasteiger partial charge in [-0.2, -0.15) is 0 Å². The molecule has 2 nitrogen and oxygen atoms in total. The molecular formula is C5H4BrCl2N2+. The van der Waals surface area contributed by atoms with Gasteiger partial charge >= 0.3 is 5.28 Å². The molecule has 0 radical (unpaired) electrons.